The van der Waals surface area contributed by atoms with Crippen LogP contribution in [0.2, 0.25) is 0 Å². The fourth-order valence-corrected chi connectivity index (χ4v) is 5.28. The summed E-state index contributed by atoms with van der Waals surface area (Å²) in [4.78, 5) is 19.1. The molecule has 4 unspecified atom stereocenters. The monoisotopic (exact) mass is 371 g/mol. The van der Waals surface area contributed by atoms with E-state index in [2.05, 4.69) is 27.8 Å². The van der Waals surface area contributed by atoms with Gasteiger partial charge in [0.15, 0.2) is 6.19 Å². The van der Waals surface area contributed by atoms with Crippen LogP contribution in [0.1, 0.15) is 32.1 Å². The number of nitrogens with one attached hydrogen (secondary N) is 2. The second kappa shape index (κ2) is 8.02. The van der Waals surface area contributed by atoms with Crippen molar-refractivity contribution in [2.75, 3.05) is 39.4 Å². The molecule has 1 amide bonds. The van der Waals surface area contributed by atoms with Crippen LogP contribution in [0, 0.1) is 34.6 Å². The van der Waals surface area contributed by atoms with Crippen molar-refractivity contribution in [2.24, 2.45) is 11.8 Å². The molecule has 4 rings (SSSR count). The Kier molecular flexibility index (Phi) is 5.49. The zero-order valence-corrected chi connectivity index (χ0v) is 15.8. The molecule has 1 saturated carbocycles. The molecule has 27 heavy (non-hydrogen) atoms. The van der Waals surface area contributed by atoms with E-state index in [4.69, 9.17) is 0 Å². The van der Waals surface area contributed by atoms with E-state index >= 15 is 0 Å². The number of piperazine rings is 2. The van der Waals surface area contributed by atoms with Crippen LogP contribution < -0.4 is 10.6 Å². The highest BCUT2D eigenvalue weighted by atomic mass is 16.2. The standard InChI is InChI=1S/C19H29N7O/c20-10-14-2-1-3-15(8-14)16-9-18(23-13-22-16)26-7-6-25-5-4-24(12-21)11-17(25)19(26)27/h14-18,22-23H,1-9,11,13H2/t14?,15?,16?,17-,18?/m1/s1. The molecule has 0 aromatic carbocycles. The van der Waals surface area contributed by atoms with Gasteiger partial charge in [-0.3, -0.25) is 15.0 Å². The summed E-state index contributed by atoms with van der Waals surface area (Å²) in [6.45, 7) is 4.34. The normalized spacial score (nSPS) is 38.0. The smallest absolute Gasteiger partial charge is 0.243 e. The van der Waals surface area contributed by atoms with Crippen LogP contribution in [0.5, 0.6) is 0 Å². The van der Waals surface area contributed by atoms with Crippen molar-refractivity contribution in [1.82, 2.24) is 25.3 Å². The Morgan fingerprint density at radius 1 is 1.04 bits per heavy atom. The van der Waals surface area contributed by atoms with E-state index in [9.17, 15) is 15.3 Å². The van der Waals surface area contributed by atoms with Crippen molar-refractivity contribution in [2.45, 2.75) is 50.4 Å². The van der Waals surface area contributed by atoms with Gasteiger partial charge >= 0.3 is 0 Å². The SMILES string of the molecule is N#CC1CCCC(C2CC(N3CCN4CCN(C#N)C[C@@H]4C3=O)NCN2)C1. The summed E-state index contributed by atoms with van der Waals surface area (Å²) in [5.41, 5.74) is 0. The highest BCUT2D eigenvalue weighted by molar-refractivity contribution is 5.83. The van der Waals surface area contributed by atoms with Crippen LogP contribution in [0.3, 0.4) is 0 Å². The molecule has 8 nitrogen and oxygen atoms in total. The molecule has 0 aromatic rings. The molecule has 4 fully saturated rings. The summed E-state index contributed by atoms with van der Waals surface area (Å²) >= 11 is 0. The highest BCUT2D eigenvalue weighted by Gasteiger charge is 2.42. The Morgan fingerprint density at radius 3 is 2.70 bits per heavy atom. The van der Waals surface area contributed by atoms with Crippen molar-refractivity contribution in [3.05, 3.63) is 0 Å². The van der Waals surface area contributed by atoms with Crippen LogP contribution in [0.4, 0.5) is 0 Å². The molecule has 4 aliphatic rings. The van der Waals surface area contributed by atoms with Gasteiger partial charge in [0.25, 0.3) is 0 Å². The topological polar surface area (TPSA) is 98.4 Å². The number of nitriles is 2. The molecular formula is C19H29N7O. The van der Waals surface area contributed by atoms with E-state index in [-0.39, 0.29) is 24.0 Å². The van der Waals surface area contributed by atoms with Crippen molar-refractivity contribution in [3.8, 4) is 12.3 Å². The Morgan fingerprint density at radius 2 is 1.89 bits per heavy atom. The average Bonchev–Trinajstić information content (AvgIpc) is 2.74. The molecule has 5 atom stereocenters. The maximum Gasteiger partial charge on any atom is 0.243 e. The Balaban J connectivity index is 1.40. The Labute approximate surface area is 161 Å². The first kappa shape index (κ1) is 18.5. The number of fused-ring (bicyclic) bond motifs is 1. The summed E-state index contributed by atoms with van der Waals surface area (Å²) in [6, 6.07) is 2.62. The average molecular weight is 371 g/mol. The Hall–Kier alpha value is -1.87. The number of carbonyl (C=O) groups is 1. The first-order chi connectivity index (χ1) is 13.2. The van der Waals surface area contributed by atoms with Crippen molar-refractivity contribution in [3.63, 3.8) is 0 Å². The summed E-state index contributed by atoms with van der Waals surface area (Å²) in [6.07, 6.45) is 7.43. The minimum atomic E-state index is -0.195. The fourth-order valence-electron chi connectivity index (χ4n) is 5.28. The van der Waals surface area contributed by atoms with E-state index in [1.54, 1.807) is 4.90 Å². The summed E-state index contributed by atoms with van der Waals surface area (Å²) < 4.78 is 0. The van der Waals surface area contributed by atoms with Crippen LogP contribution in [-0.2, 0) is 4.79 Å². The number of carbonyl (C=O) groups excluding carboxylic acids is 1. The lowest BCUT2D eigenvalue weighted by Crippen LogP contribution is -2.69. The van der Waals surface area contributed by atoms with Gasteiger partial charge < -0.3 is 15.1 Å². The predicted octanol–water partition coefficient (Wildman–Crippen LogP) is -0.139. The molecular weight excluding hydrogens is 342 g/mol. The minimum Gasteiger partial charge on any atom is -0.324 e. The molecule has 0 aromatic heterocycles. The van der Waals surface area contributed by atoms with E-state index in [1.165, 1.54) is 6.42 Å². The predicted molar refractivity (Wildman–Crippen MR) is 98.7 cm³/mol. The van der Waals surface area contributed by atoms with Gasteiger partial charge in [0.1, 0.15) is 6.04 Å². The second-order valence-corrected chi connectivity index (χ2v) is 8.33. The van der Waals surface area contributed by atoms with Gasteiger partial charge in [0, 0.05) is 44.8 Å². The Bertz CT molecular complexity index is 641. The van der Waals surface area contributed by atoms with E-state index in [1.807, 2.05) is 4.90 Å². The molecule has 3 heterocycles. The van der Waals surface area contributed by atoms with Crippen LogP contribution in [0.15, 0.2) is 0 Å². The largest absolute Gasteiger partial charge is 0.324 e. The number of amides is 1. The minimum absolute atomic E-state index is 0.0471. The highest BCUT2D eigenvalue weighted by Crippen LogP contribution is 2.33. The van der Waals surface area contributed by atoms with Gasteiger partial charge in [-0.1, -0.05) is 6.42 Å². The summed E-state index contributed by atoms with van der Waals surface area (Å²) in [5, 5.41) is 25.5. The molecule has 0 spiro atoms. The van der Waals surface area contributed by atoms with Crippen molar-refractivity contribution in [1.29, 1.82) is 10.5 Å². The molecule has 2 N–H and O–H groups in total. The fraction of sp³-hybridized carbons (Fsp3) is 0.842. The maximum atomic E-state index is 13.1. The molecule has 146 valence electrons. The number of hydrogen-bond donors (Lipinski definition) is 2. The number of nitrogens with zero attached hydrogens (tertiary/aromatic N) is 5. The summed E-state index contributed by atoms with van der Waals surface area (Å²) in [5.74, 6) is 0.856. The van der Waals surface area contributed by atoms with E-state index in [0.717, 1.165) is 51.9 Å². The van der Waals surface area contributed by atoms with Gasteiger partial charge in [-0.05, 0) is 31.6 Å². The molecule has 1 aliphatic carbocycles. The zero-order valence-electron chi connectivity index (χ0n) is 15.8. The number of hydrogen-bond acceptors (Lipinski definition) is 7. The third kappa shape index (κ3) is 3.75. The van der Waals surface area contributed by atoms with Crippen molar-refractivity contribution < 1.29 is 4.79 Å². The van der Waals surface area contributed by atoms with Crippen molar-refractivity contribution >= 4 is 5.91 Å². The molecule has 8 heteroatoms. The lowest BCUT2D eigenvalue weighted by Gasteiger charge is -2.49. The van der Waals surface area contributed by atoms with Crippen LogP contribution in [0.25, 0.3) is 0 Å². The van der Waals surface area contributed by atoms with Gasteiger partial charge in [0.2, 0.25) is 5.91 Å². The molecule has 0 radical (unpaired) electrons. The first-order valence-corrected chi connectivity index (χ1v) is 10.2. The van der Waals surface area contributed by atoms with Gasteiger partial charge in [-0.25, -0.2) is 0 Å². The third-order valence-electron chi connectivity index (χ3n) is 6.85. The first-order valence-electron chi connectivity index (χ1n) is 10.2. The molecule has 3 aliphatic heterocycles. The quantitative estimate of drug-likeness (QED) is 0.652. The van der Waals surface area contributed by atoms with Crippen LogP contribution in [-0.4, -0.2) is 78.2 Å². The van der Waals surface area contributed by atoms with Gasteiger partial charge in [0.05, 0.1) is 18.8 Å². The molecule has 0 bridgehead atoms. The second-order valence-electron chi connectivity index (χ2n) is 8.33. The van der Waals surface area contributed by atoms with E-state index in [0.29, 0.717) is 25.2 Å². The lowest BCUT2D eigenvalue weighted by molar-refractivity contribution is -0.149. The van der Waals surface area contributed by atoms with Crippen LogP contribution >= 0.6 is 0 Å². The third-order valence-corrected chi connectivity index (χ3v) is 6.85. The van der Waals surface area contributed by atoms with Gasteiger partial charge in [-0.15, -0.1) is 0 Å². The number of rotatable bonds is 2. The van der Waals surface area contributed by atoms with Gasteiger partial charge in [-0.2, -0.15) is 10.5 Å². The maximum absolute atomic E-state index is 13.1. The molecule has 3 saturated heterocycles. The zero-order chi connectivity index (χ0) is 18.8. The summed E-state index contributed by atoms with van der Waals surface area (Å²) in [7, 11) is 0. The van der Waals surface area contributed by atoms with E-state index < -0.39 is 0 Å². The lowest BCUT2D eigenvalue weighted by atomic mass is 9.77.